The molecule has 0 heterocycles. The number of carbonyl (C=O) groups is 1. The van der Waals surface area contributed by atoms with Gasteiger partial charge >= 0.3 is 0 Å². The van der Waals surface area contributed by atoms with Gasteiger partial charge in [-0.25, -0.2) is 5.90 Å². The van der Waals surface area contributed by atoms with Gasteiger partial charge in [0.25, 0.3) is 0 Å². The molecule has 4 rings (SSSR count). The van der Waals surface area contributed by atoms with Crippen molar-refractivity contribution in [2.45, 2.75) is 38.5 Å². The quantitative estimate of drug-likeness (QED) is 0.503. The van der Waals surface area contributed by atoms with Crippen LogP contribution in [0.2, 0.25) is 0 Å². The first-order valence-electron chi connectivity index (χ1n) is 8.45. The molecule has 0 unspecified atom stereocenters. The maximum Gasteiger partial charge on any atom is 0.163 e. The zero-order valence-corrected chi connectivity index (χ0v) is 14.2. The molecule has 5 nitrogen and oxygen atoms in total. The highest BCUT2D eigenvalue weighted by Crippen LogP contribution is 2.21. The summed E-state index contributed by atoms with van der Waals surface area (Å²) < 4.78 is 0. The van der Waals surface area contributed by atoms with E-state index in [1.165, 1.54) is 11.1 Å². The van der Waals surface area contributed by atoms with Crippen LogP contribution in [-0.2, 0) is 12.8 Å². The first-order valence-corrected chi connectivity index (χ1v) is 8.45. The highest BCUT2D eigenvalue weighted by atomic mass is 16.4. The molecule has 25 heavy (non-hydrogen) atoms. The molecule has 0 aliphatic heterocycles. The van der Waals surface area contributed by atoms with Crippen molar-refractivity contribution in [3.63, 3.8) is 0 Å². The van der Waals surface area contributed by atoms with Crippen LogP contribution >= 0.6 is 0 Å². The predicted molar refractivity (Wildman–Crippen MR) is 97.4 cm³/mol. The van der Waals surface area contributed by atoms with Gasteiger partial charge in [-0.3, -0.25) is 4.79 Å². The molecule has 2 aromatic rings. The SMILES string of the molecule is NO.O/N=C1\CCCc2ccccc21.O=C1CCCc2ccccc21. The highest BCUT2D eigenvalue weighted by Gasteiger charge is 2.15. The monoisotopic (exact) mass is 340 g/mol. The van der Waals surface area contributed by atoms with E-state index < -0.39 is 0 Å². The van der Waals surface area contributed by atoms with Crippen LogP contribution in [-0.4, -0.2) is 21.9 Å². The largest absolute Gasteiger partial charge is 0.411 e. The third kappa shape index (κ3) is 4.75. The van der Waals surface area contributed by atoms with E-state index in [9.17, 15) is 4.79 Å². The van der Waals surface area contributed by atoms with Crippen molar-refractivity contribution in [3.8, 4) is 0 Å². The molecule has 0 radical (unpaired) electrons. The number of nitrogens with zero attached hydrogens (tertiary/aromatic N) is 1. The Balaban J connectivity index is 0.000000165. The summed E-state index contributed by atoms with van der Waals surface area (Å²) in [6.07, 6.45) is 5.92. The normalized spacial score (nSPS) is 16.6. The van der Waals surface area contributed by atoms with Gasteiger partial charge in [-0.05, 0) is 43.2 Å². The van der Waals surface area contributed by atoms with Gasteiger partial charge < -0.3 is 10.4 Å². The summed E-state index contributed by atoms with van der Waals surface area (Å²) in [7, 11) is 0. The molecule has 2 aliphatic carbocycles. The number of oxime groups is 1. The molecule has 132 valence electrons. The lowest BCUT2D eigenvalue weighted by Gasteiger charge is -2.15. The molecule has 4 N–H and O–H groups in total. The van der Waals surface area contributed by atoms with E-state index in [1.54, 1.807) is 0 Å². The van der Waals surface area contributed by atoms with E-state index in [2.05, 4.69) is 17.1 Å². The molecule has 0 spiro atoms. The average Bonchev–Trinajstić information content (AvgIpc) is 2.70. The molecule has 0 bridgehead atoms. The molecule has 0 amide bonds. The van der Waals surface area contributed by atoms with Crippen molar-refractivity contribution in [2.75, 3.05) is 0 Å². The summed E-state index contributed by atoms with van der Waals surface area (Å²) in [5.74, 6) is 3.81. The van der Waals surface area contributed by atoms with Crippen molar-refractivity contribution in [1.82, 2.24) is 0 Å². The van der Waals surface area contributed by atoms with Crippen LogP contribution in [0.3, 0.4) is 0 Å². The first kappa shape index (κ1) is 18.8. The second-order valence-corrected chi connectivity index (χ2v) is 5.99. The zero-order chi connectivity index (χ0) is 18.1. The molecular weight excluding hydrogens is 316 g/mol. The molecule has 0 saturated heterocycles. The van der Waals surface area contributed by atoms with Crippen molar-refractivity contribution in [3.05, 3.63) is 70.8 Å². The number of hydrogen-bond donors (Lipinski definition) is 3. The van der Waals surface area contributed by atoms with Gasteiger partial charge in [-0.15, -0.1) is 0 Å². The van der Waals surface area contributed by atoms with Gasteiger partial charge in [0.1, 0.15) is 0 Å². The summed E-state index contributed by atoms with van der Waals surface area (Å²) in [5.41, 5.74) is 5.42. The average molecular weight is 340 g/mol. The molecule has 2 aliphatic rings. The first-order chi connectivity index (χ1) is 12.3. The standard InChI is InChI=1S/C10H11NO.C10H10O.H3NO/c12-11-10-7-3-5-8-4-1-2-6-9(8)10;11-10-7-3-5-8-4-1-2-6-9(8)10;1-2/h1-2,4,6,12H,3,5,7H2;1-2,4,6H,3,5,7H2;2H,1H2/b11-10+;;. The minimum absolute atomic E-state index is 0.312. The van der Waals surface area contributed by atoms with Gasteiger partial charge in [0.15, 0.2) is 5.78 Å². The molecule has 0 aromatic heterocycles. The van der Waals surface area contributed by atoms with Crippen LogP contribution < -0.4 is 5.90 Å². The van der Waals surface area contributed by atoms with Gasteiger partial charge in [-0.1, -0.05) is 53.7 Å². The number of aryl methyl sites for hydroxylation is 2. The second kappa shape index (κ2) is 9.71. The van der Waals surface area contributed by atoms with E-state index in [0.29, 0.717) is 5.78 Å². The molecular formula is C20H24N2O3. The van der Waals surface area contributed by atoms with Crippen molar-refractivity contribution < 1.29 is 15.2 Å². The lowest BCUT2D eigenvalue weighted by atomic mass is 9.90. The maximum atomic E-state index is 11.3. The smallest absolute Gasteiger partial charge is 0.163 e. The Labute approximate surface area is 147 Å². The summed E-state index contributed by atoms with van der Waals surface area (Å²) >= 11 is 0. The fraction of sp³-hybridized carbons (Fsp3) is 0.300. The second-order valence-electron chi connectivity index (χ2n) is 5.99. The molecule has 0 fully saturated rings. The van der Waals surface area contributed by atoms with Gasteiger partial charge in [0.2, 0.25) is 0 Å². The Morgan fingerprint density at radius 3 is 1.88 bits per heavy atom. The number of nitrogens with two attached hydrogens (primary N) is 1. The number of fused-ring (bicyclic) bond motifs is 2. The molecule has 5 heteroatoms. The van der Waals surface area contributed by atoms with E-state index >= 15 is 0 Å². The molecule has 0 atom stereocenters. The van der Waals surface area contributed by atoms with Crippen LogP contribution in [0.15, 0.2) is 53.7 Å². The van der Waals surface area contributed by atoms with Crippen LogP contribution in [0.4, 0.5) is 0 Å². The Morgan fingerprint density at radius 1 is 0.760 bits per heavy atom. The third-order valence-corrected chi connectivity index (χ3v) is 4.48. The number of rotatable bonds is 0. The Morgan fingerprint density at radius 2 is 1.28 bits per heavy atom. The van der Waals surface area contributed by atoms with Crippen LogP contribution in [0.25, 0.3) is 0 Å². The maximum absolute atomic E-state index is 11.3. The highest BCUT2D eigenvalue weighted by molar-refractivity contribution is 6.02. The van der Waals surface area contributed by atoms with Crippen LogP contribution in [0, 0.1) is 0 Å². The topological polar surface area (TPSA) is 95.9 Å². The number of hydrogen-bond acceptors (Lipinski definition) is 5. The number of ketones is 1. The minimum atomic E-state index is 0.312. The number of carbonyl (C=O) groups excluding carboxylic acids is 1. The van der Waals surface area contributed by atoms with Crippen molar-refractivity contribution in [2.24, 2.45) is 11.1 Å². The van der Waals surface area contributed by atoms with Crippen molar-refractivity contribution in [1.29, 1.82) is 0 Å². The third-order valence-electron chi connectivity index (χ3n) is 4.48. The van der Waals surface area contributed by atoms with Gasteiger partial charge in [-0.2, -0.15) is 0 Å². The zero-order valence-electron chi connectivity index (χ0n) is 14.2. The fourth-order valence-corrected chi connectivity index (χ4v) is 3.29. The summed E-state index contributed by atoms with van der Waals surface area (Å²) in [4.78, 5) is 11.3. The molecule has 2 aromatic carbocycles. The Hall–Kier alpha value is -2.50. The summed E-state index contributed by atoms with van der Waals surface area (Å²) in [5, 5.41) is 18.5. The number of Topliss-reactive ketones (excluding diaryl/α,β-unsaturated/α-hetero) is 1. The summed E-state index contributed by atoms with van der Waals surface area (Å²) in [6, 6.07) is 16.0. The van der Waals surface area contributed by atoms with Crippen molar-refractivity contribution >= 4 is 11.5 Å². The Kier molecular flexibility index (Phi) is 7.32. The molecule has 0 saturated carbocycles. The van der Waals surface area contributed by atoms with E-state index in [4.69, 9.17) is 10.4 Å². The Bertz CT molecular complexity index is 741. The van der Waals surface area contributed by atoms with Crippen LogP contribution in [0.5, 0.6) is 0 Å². The summed E-state index contributed by atoms with van der Waals surface area (Å²) in [6.45, 7) is 0. The van der Waals surface area contributed by atoms with Gasteiger partial charge in [0.05, 0.1) is 5.71 Å². The minimum Gasteiger partial charge on any atom is -0.411 e. The van der Waals surface area contributed by atoms with Gasteiger partial charge in [0, 0.05) is 17.5 Å². The van der Waals surface area contributed by atoms with E-state index in [0.717, 1.165) is 55.4 Å². The fourth-order valence-electron chi connectivity index (χ4n) is 3.29. The lowest BCUT2D eigenvalue weighted by molar-refractivity contribution is 0.0972. The number of benzene rings is 2. The van der Waals surface area contributed by atoms with Crippen LogP contribution in [0.1, 0.15) is 52.7 Å². The van der Waals surface area contributed by atoms with E-state index in [1.807, 2.05) is 42.5 Å². The predicted octanol–water partition coefficient (Wildman–Crippen LogP) is 3.74. The van der Waals surface area contributed by atoms with E-state index in [-0.39, 0.29) is 0 Å². The lowest BCUT2D eigenvalue weighted by Crippen LogP contribution is -2.11.